The van der Waals surface area contributed by atoms with Gasteiger partial charge in [-0.3, -0.25) is 9.59 Å². The Kier molecular flexibility index (Phi) is 8.98. The first-order chi connectivity index (χ1) is 16.1. The van der Waals surface area contributed by atoms with Gasteiger partial charge in [0.05, 0.1) is 37.0 Å². The lowest BCUT2D eigenvalue weighted by Crippen LogP contribution is -2.18. The van der Waals surface area contributed by atoms with Gasteiger partial charge < -0.3 is 15.7 Å². The molecule has 0 saturated carbocycles. The Bertz CT molecular complexity index is 1300. The van der Waals surface area contributed by atoms with E-state index in [1.54, 1.807) is 48.5 Å². The molecule has 0 aliphatic heterocycles. The molecule has 0 fully saturated rings. The first-order valence-corrected chi connectivity index (χ1v) is 12.1. The molecule has 0 spiro atoms. The SMILES string of the molecule is O=C(CSc1cccc(NC(=O)c2c(Cl)c(Cl)c(Cl)c(Cl)c2C(=O)O)c1)Nc1cccc(Cl)c1. The molecular formula is C22H13Cl5N2O4S. The van der Waals surface area contributed by atoms with E-state index in [-0.39, 0.29) is 26.7 Å². The van der Waals surface area contributed by atoms with Crippen LogP contribution < -0.4 is 10.6 Å². The molecular weight excluding hydrogens is 566 g/mol. The van der Waals surface area contributed by atoms with E-state index in [2.05, 4.69) is 10.6 Å². The van der Waals surface area contributed by atoms with Gasteiger partial charge in [-0.1, -0.05) is 70.1 Å². The number of hydrogen-bond acceptors (Lipinski definition) is 4. The smallest absolute Gasteiger partial charge is 0.338 e. The average molecular weight is 579 g/mol. The Morgan fingerprint density at radius 2 is 1.35 bits per heavy atom. The van der Waals surface area contributed by atoms with Crippen LogP contribution in [0.5, 0.6) is 0 Å². The quantitative estimate of drug-likeness (QED) is 0.152. The highest BCUT2D eigenvalue weighted by atomic mass is 35.5. The first kappa shape index (κ1) is 26.5. The summed E-state index contributed by atoms with van der Waals surface area (Å²) in [5, 5.41) is 14.1. The molecule has 2 amide bonds. The summed E-state index contributed by atoms with van der Waals surface area (Å²) in [5.74, 6) is -2.49. The number of carbonyl (C=O) groups excluding carboxylic acids is 2. The Morgan fingerprint density at radius 3 is 1.97 bits per heavy atom. The second-order valence-electron chi connectivity index (χ2n) is 6.64. The standard InChI is InChI=1S/C22H13Cl5N2O4S/c23-10-3-1-4-11(7-10)28-14(30)9-34-13-6-2-5-12(8-13)29-21(31)15-16(22(32)33)18(25)20(27)19(26)17(15)24/h1-8H,9H2,(H,28,30)(H,29,31)(H,32,33). The van der Waals surface area contributed by atoms with Crippen molar-refractivity contribution in [3.63, 3.8) is 0 Å². The minimum Gasteiger partial charge on any atom is -0.478 e. The third-order valence-corrected chi connectivity index (χ3v) is 7.31. The van der Waals surface area contributed by atoms with Gasteiger partial charge in [0, 0.05) is 21.3 Å². The fraction of sp³-hybridized carbons (Fsp3) is 0.0455. The minimum absolute atomic E-state index is 0.0985. The van der Waals surface area contributed by atoms with Gasteiger partial charge in [-0.25, -0.2) is 4.79 Å². The van der Waals surface area contributed by atoms with Gasteiger partial charge in [-0.2, -0.15) is 0 Å². The summed E-state index contributed by atoms with van der Waals surface area (Å²) in [6.07, 6.45) is 0. The Hall–Kier alpha value is -2.13. The number of carboxylic acids is 1. The molecule has 12 heteroatoms. The number of thioether (sulfide) groups is 1. The highest BCUT2D eigenvalue weighted by Gasteiger charge is 2.29. The number of nitrogens with one attached hydrogen (secondary N) is 2. The summed E-state index contributed by atoms with van der Waals surface area (Å²) in [7, 11) is 0. The number of halogens is 5. The van der Waals surface area contributed by atoms with Crippen LogP contribution in [0.4, 0.5) is 11.4 Å². The van der Waals surface area contributed by atoms with Crippen LogP contribution in [0.2, 0.25) is 25.1 Å². The molecule has 3 rings (SSSR count). The molecule has 0 radical (unpaired) electrons. The van der Waals surface area contributed by atoms with Crippen LogP contribution >= 0.6 is 69.8 Å². The van der Waals surface area contributed by atoms with Crippen LogP contribution in [0.1, 0.15) is 20.7 Å². The fourth-order valence-corrected chi connectivity index (χ4v) is 4.78. The van der Waals surface area contributed by atoms with Crippen molar-refractivity contribution in [2.45, 2.75) is 4.90 Å². The van der Waals surface area contributed by atoms with Crippen LogP contribution in [0.15, 0.2) is 53.4 Å². The largest absolute Gasteiger partial charge is 0.478 e. The van der Waals surface area contributed by atoms with Gasteiger partial charge in [0.1, 0.15) is 0 Å². The zero-order valence-corrected chi connectivity index (χ0v) is 21.4. The molecule has 3 aromatic carbocycles. The summed E-state index contributed by atoms with van der Waals surface area (Å²) >= 11 is 31.2. The van der Waals surface area contributed by atoms with Crippen LogP contribution in [0.25, 0.3) is 0 Å². The summed E-state index contributed by atoms with van der Waals surface area (Å²) in [6, 6.07) is 13.4. The lowest BCUT2D eigenvalue weighted by atomic mass is 10.1. The van der Waals surface area contributed by atoms with Crippen LogP contribution in [0.3, 0.4) is 0 Å². The summed E-state index contributed by atoms with van der Waals surface area (Å²) in [4.78, 5) is 37.5. The zero-order valence-electron chi connectivity index (χ0n) is 16.8. The summed E-state index contributed by atoms with van der Waals surface area (Å²) < 4.78 is 0. The van der Waals surface area contributed by atoms with Gasteiger partial charge >= 0.3 is 5.97 Å². The molecule has 0 saturated heterocycles. The third-order valence-electron chi connectivity index (χ3n) is 4.28. The highest BCUT2D eigenvalue weighted by molar-refractivity contribution is 8.00. The Morgan fingerprint density at radius 1 is 0.765 bits per heavy atom. The number of amides is 2. The van der Waals surface area contributed by atoms with Crippen molar-refractivity contribution in [1.82, 2.24) is 0 Å². The summed E-state index contributed by atoms with van der Waals surface area (Å²) in [5.41, 5.74) is -0.0836. The molecule has 176 valence electrons. The molecule has 34 heavy (non-hydrogen) atoms. The Labute approximate surface area is 223 Å². The van der Waals surface area contributed by atoms with Crippen molar-refractivity contribution in [1.29, 1.82) is 0 Å². The van der Waals surface area contributed by atoms with E-state index in [4.69, 9.17) is 58.0 Å². The maximum absolute atomic E-state index is 12.9. The molecule has 0 atom stereocenters. The average Bonchev–Trinajstić information content (AvgIpc) is 2.78. The third kappa shape index (κ3) is 6.30. The number of carboxylic acid groups (broad SMARTS) is 1. The molecule has 0 aliphatic carbocycles. The normalized spacial score (nSPS) is 10.6. The monoisotopic (exact) mass is 576 g/mol. The second kappa shape index (κ2) is 11.5. The maximum atomic E-state index is 12.9. The van der Waals surface area contributed by atoms with Crippen molar-refractivity contribution in [2.75, 3.05) is 16.4 Å². The van der Waals surface area contributed by atoms with Gasteiger partial charge in [-0.15, -0.1) is 11.8 Å². The number of aromatic carboxylic acids is 1. The van der Waals surface area contributed by atoms with E-state index in [9.17, 15) is 19.5 Å². The van der Waals surface area contributed by atoms with Crippen molar-refractivity contribution >= 4 is 98.9 Å². The molecule has 3 aromatic rings. The van der Waals surface area contributed by atoms with Gasteiger partial charge in [0.2, 0.25) is 5.91 Å². The number of rotatable bonds is 7. The van der Waals surface area contributed by atoms with Gasteiger partial charge in [0.25, 0.3) is 5.91 Å². The topological polar surface area (TPSA) is 95.5 Å². The highest BCUT2D eigenvalue weighted by Crippen LogP contribution is 2.41. The number of anilines is 2. The molecule has 0 aliphatic rings. The maximum Gasteiger partial charge on any atom is 0.338 e. The molecule has 0 unspecified atom stereocenters. The van der Waals surface area contributed by atoms with Crippen LogP contribution in [-0.2, 0) is 4.79 Å². The van der Waals surface area contributed by atoms with Crippen LogP contribution in [-0.4, -0.2) is 28.6 Å². The summed E-state index contributed by atoms with van der Waals surface area (Å²) in [6.45, 7) is 0. The van der Waals surface area contributed by atoms with E-state index >= 15 is 0 Å². The molecule has 3 N–H and O–H groups in total. The van der Waals surface area contributed by atoms with Gasteiger partial charge in [-0.05, 0) is 36.4 Å². The van der Waals surface area contributed by atoms with Crippen molar-refractivity contribution in [3.05, 3.63) is 84.8 Å². The predicted octanol–water partition coefficient (Wildman–Crippen LogP) is 7.63. The number of carbonyl (C=O) groups is 3. The van der Waals surface area contributed by atoms with E-state index in [0.717, 1.165) is 0 Å². The van der Waals surface area contributed by atoms with Crippen molar-refractivity contribution in [3.8, 4) is 0 Å². The number of benzene rings is 3. The fourth-order valence-electron chi connectivity index (χ4n) is 2.82. The molecule has 6 nitrogen and oxygen atoms in total. The zero-order chi connectivity index (χ0) is 25.0. The first-order valence-electron chi connectivity index (χ1n) is 9.27. The van der Waals surface area contributed by atoms with Crippen molar-refractivity contribution in [2.24, 2.45) is 0 Å². The van der Waals surface area contributed by atoms with E-state index in [1.807, 2.05) is 0 Å². The second-order valence-corrected chi connectivity index (χ2v) is 9.64. The molecule has 0 aromatic heterocycles. The minimum atomic E-state index is -1.49. The predicted molar refractivity (Wildman–Crippen MR) is 139 cm³/mol. The molecule has 0 heterocycles. The van der Waals surface area contributed by atoms with E-state index < -0.39 is 28.0 Å². The van der Waals surface area contributed by atoms with E-state index in [1.165, 1.54) is 11.8 Å². The Balaban J connectivity index is 1.74. The van der Waals surface area contributed by atoms with Gasteiger partial charge in [0.15, 0.2) is 0 Å². The van der Waals surface area contributed by atoms with Crippen molar-refractivity contribution < 1.29 is 19.5 Å². The number of hydrogen-bond donors (Lipinski definition) is 3. The van der Waals surface area contributed by atoms with E-state index in [0.29, 0.717) is 21.3 Å². The lowest BCUT2D eigenvalue weighted by Gasteiger charge is -2.14. The van der Waals surface area contributed by atoms with Crippen LogP contribution in [0, 0.1) is 0 Å². The lowest BCUT2D eigenvalue weighted by molar-refractivity contribution is -0.113. The molecule has 0 bridgehead atoms.